The summed E-state index contributed by atoms with van der Waals surface area (Å²) in [5.41, 5.74) is 0. The summed E-state index contributed by atoms with van der Waals surface area (Å²) in [6.45, 7) is 3.78. The lowest BCUT2D eigenvalue weighted by Gasteiger charge is -2.32. The highest BCUT2D eigenvalue weighted by molar-refractivity contribution is 5.78. The highest BCUT2D eigenvalue weighted by Crippen LogP contribution is 2.20. The minimum atomic E-state index is -0.417. The van der Waals surface area contributed by atoms with Crippen LogP contribution in [0.1, 0.15) is 25.7 Å². The van der Waals surface area contributed by atoms with E-state index in [0.29, 0.717) is 25.1 Å². The molecule has 2 saturated heterocycles. The fourth-order valence-electron chi connectivity index (χ4n) is 3.15. The summed E-state index contributed by atoms with van der Waals surface area (Å²) in [6, 6.07) is 0. The number of halogens is 1. The molecule has 1 N–H and O–H groups in total. The molecule has 0 atom stereocenters. The van der Waals surface area contributed by atoms with Gasteiger partial charge in [-0.1, -0.05) is 0 Å². The molecule has 6 nitrogen and oxygen atoms in total. The number of carbonyl (C=O) groups is 1. The van der Waals surface area contributed by atoms with Gasteiger partial charge in [-0.05, 0) is 31.6 Å². The molecule has 0 spiro atoms. The second-order valence-corrected chi connectivity index (χ2v) is 6.26. The molecule has 1 aromatic rings. The fraction of sp³-hybridized carbons (Fsp3) is 0.688. The lowest BCUT2D eigenvalue weighted by Crippen LogP contribution is -2.41. The number of hydrogen-bond donors (Lipinski definition) is 1. The summed E-state index contributed by atoms with van der Waals surface area (Å²) in [4.78, 5) is 22.2. The Balaban J connectivity index is 1.40. The maximum Gasteiger partial charge on any atom is 0.225 e. The van der Waals surface area contributed by atoms with Gasteiger partial charge in [-0.15, -0.1) is 0 Å². The van der Waals surface area contributed by atoms with Crippen molar-refractivity contribution in [1.29, 1.82) is 0 Å². The Morgan fingerprint density at radius 3 is 2.52 bits per heavy atom. The summed E-state index contributed by atoms with van der Waals surface area (Å²) in [6.07, 6.45) is 6.01. The topological polar surface area (TPSA) is 67.4 Å². The van der Waals surface area contributed by atoms with Crippen molar-refractivity contribution < 1.29 is 13.9 Å². The van der Waals surface area contributed by atoms with E-state index in [1.807, 2.05) is 0 Å². The number of hydrogen-bond acceptors (Lipinski definition) is 5. The van der Waals surface area contributed by atoms with Crippen LogP contribution in [0.15, 0.2) is 12.4 Å². The number of piperidine rings is 1. The summed E-state index contributed by atoms with van der Waals surface area (Å²) in [5, 5.41) is 3.09. The third-order valence-electron chi connectivity index (χ3n) is 4.66. The summed E-state index contributed by atoms with van der Waals surface area (Å²) in [5.74, 6) is 0.917. The van der Waals surface area contributed by atoms with E-state index < -0.39 is 5.82 Å². The molecule has 1 amide bonds. The van der Waals surface area contributed by atoms with Crippen LogP contribution in [0.4, 0.5) is 10.3 Å². The molecule has 1 aromatic heterocycles. The van der Waals surface area contributed by atoms with E-state index >= 15 is 0 Å². The van der Waals surface area contributed by atoms with Gasteiger partial charge in [-0.3, -0.25) is 4.79 Å². The van der Waals surface area contributed by atoms with Crippen molar-refractivity contribution in [1.82, 2.24) is 15.3 Å². The summed E-state index contributed by atoms with van der Waals surface area (Å²) in [7, 11) is 0. The van der Waals surface area contributed by atoms with Gasteiger partial charge >= 0.3 is 0 Å². The number of ether oxygens (including phenoxy) is 1. The van der Waals surface area contributed by atoms with Crippen LogP contribution >= 0.6 is 0 Å². The first-order valence-corrected chi connectivity index (χ1v) is 8.30. The summed E-state index contributed by atoms with van der Waals surface area (Å²) < 4.78 is 18.1. The zero-order chi connectivity index (χ0) is 16.1. The lowest BCUT2D eigenvalue weighted by molar-refractivity contribution is -0.128. The molecular formula is C16H23FN4O2. The molecule has 0 aliphatic carbocycles. The maximum atomic E-state index is 12.9. The van der Waals surface area contributed by atoms with Gasteiger partial charge in [0.15, 0.2) is 5.82 Å². The first-order valence-electron chi connectivity index (χ1n) is 8.30. The Bertz CT molecular complexity index is 511. The van der Waals surface area contributed by atoms with Crippen molar-refractivity contribution in [2.24, 2.45) is 11.8 Å². The van der Waals surface area contributed by atoms with Crippen LogP contribution < -0.4 is 10.2 Å². The standard InChI is InChI=1S/C16H23FN4O2/c17-14-10-19-16(20-11-14)21-5-1-12(2-6-21)9-18-15(22)13-3-7-23-8-4-13/h10-13H,1-9H2,(H,18,22). The zero-order valence-corrected chi connectivity index (χ0v) is 13.2. The Labute approximate surface area is 135 Å². The van der Waals surface area contributed by atoms with Gasteiger partial charge in [0.25, 0.3) is 0 Å². The first-order chi connectivity index (χ1) is 11.2. The first kappa shape index (κ1) is 16.1. The van der Waals surface area contributed by atoms with E-state index in [4.69, 9.17) is 4.74 Å². The van der Waals surface area contributed by atoms with E-state index in [1.54, 1.807) is 0 Å². The van der Waals surface area contributed by atoms with Crippen LogP contribution in [0.2, 0.25) is 0 Å². The predicted molar refractivity (Wildman–Crippen MR) is 83.5 cm³/mol. The smallest absolute Gasteiger partial charge is 0.225 e. The van der Waals surface area contributed by atoms with E-state index in [1.165, 1.54) is 12.4 Å². The van der Waals surface area contributed by atoms with Gasteiger partial charge in [0.05, 0.1) is 12.4 Å². The Morgan fingerprint density at radius 1 is 1.22 bits per heavy atom. The van der Waals surface area contributed by atoms with Crippen LogP contribution in [0.5, 0.6) is 0 Å². The largest absolute Gasteiger partial charge is 0.381 e. The van der Waals surface area contributed by atoms with Gasteiger partial charge in [0.2, 0.25) is 11.9 Å². The van der Waals surface area contributed by atoms with Gasteiger partial charge in [0.1, 0.15) is 0 Å². The van der Waals surface area contributed by atoms with Crippen molar-refractivity contribution >= 4 is 11.9 Å². The van der Waals surface area contributed by atoms with Gasteiger partial charge in [0, 0.05) is 38.8 Å². The van der Waals surface area contributed by atoms with Gasteiger partial charge in [-0.2, -0.15) is 0 Å². The second kappa shape index (κ2) is 7.68. The number of nitrogens with one attached hydrogen (secondary N) is 1. The molecule has 2 aliphatic rings. The molecule has 3 heterocycles. The fourth-order valence-corrected chi connectivity index (χ4v) is 3.15. The van der Waals surface area contributed by atoms with Crippen LogP contribution in [-0.2, 0) is 9.53 Å². The van der Waals surface area contributed by atoms with Gasteiger partial charge < -0.3 is 15.0 Å². The summed E-state index contributed by atoms with van der Waals surface area (Å²) >= 11 is 0. The van der Waals surface area contributed by atoms with Gasteiger partial charge in [-0.25, -0.2) is 14.4 Å². The third kappa shape index (κ3) is 4.37. The van der Waals surface area contributed by atoms with Crippen molar-refractivity contribution in [3.8, 4) is 0 Å². The number of carbonyl (C=O) groups excluding carboxylic acids is 1. The number of anilines is 1. The molecule has 0 bridgehead atoms. The van der Waals surface area contributed by atoms with Crippen molar-refractivity contribution in [2.75, 3.05) is 37.7 Å². The number of aromatic nitrogens is 2. The van der Waals surface area contributed by atoms with E-state index in [-0.39, 0.29) is 11.8 Å². The number of rotatable bonds is 4. The highest BCUT2D eigenvalue weighted by Gasteiger charge is 2.24. The Morgan fingerprint density at radius 2 is 1.87 bits per heavy atom. The molecular weight excluding hydrogens is 299 g/mol. The molecule has 0 radical (unpaired) electrons. The average molecular weight is 322 g/mol. The van der Waals surface area contributed by atoms with E-state index in [0.717, 1.165) is 45.3 Å². The monoisotopic (exact) mass is 322 g/mol. The minimum absolute atomic E-state index is 0.108. The van der Waals surface area contributed by atoms with Crippen molar-refractivity contribution in [2.45, 2.75) is 25.7 Å². The maximum absolute atomic E-state index is 12.9. The molecule has 2 fully saturated rings. The van der Waals surface area contributed by atoms with Crippen LogP contribution in [0.3, 0.4) is 0 Å². The van der Waals surface area contributed by atoms with Crippen LogP contribution in [0, 0.1) is 17.7 Å². The molecule has 23 heavy (non-hydrogen) atoms. The number of amides is 1. The molecule has 126 valence electrons. The van der Waals surface area contributed by atoms with Crippen molar-refractivity contribution in [3.05, 3.63) is 18.2 Å². The zero-order valence-electron chi connectivity index (χ0n) is 13.2. The normalized spacial score (nSPS) is 20.5. The molecule has 0 aromatic carbocycles. The second-order valence-electron chi connectivity index (χ2n) is 6.26. The average Bonchev–Trinajstić information content (AvgIpc) is 2.61. The van der Waals surface area contributed by atoms with E-state index in [2.05, 4.69) is 20.2 Å². The highest BCUT2D eigenvalue weighted by atomic mass is 19.1. The quantitative estimate of drug-likeness (QED) is 0.907. The molecule has 2 aliphatic heterocycles. The molecule has 3 rings (SSSR count). The SMILES string of the molecule is O=C(NCC1CCN(c2ncc(F)cn2)CC1)C1CCOCC1. The lowest BCUT2D eigenvalue weighted by atomic mass is 9.95. The van der Waals surface area contributed by atoms with Crippen molar-refractivity contribution in [3.63, 3.8) is 0 Å². The Kier molecular flexibility index (Phi) is 5.38. The number of nitrogens with zero attached hydrogens (tertiary/aromatic N) is 3. The van der Waals surface area contributed by atoms with Crippen LogP contribution in [0.25, 0.3) is 0 Å². The molecule has 7 heteroatoms. The molecule has 0 saturated carbocycles. The minimum Gasteiger partial charge on any atom is -0.381 e. The molecule has 0 unspecified atom stereocenters. The Hall–Kier alpha value is -1.76. The predicted octanol–water partition coefficient (Wildman–Crippen LogP) is 1.37. The van der Waals surface area contributed by atoms with E-state index in [9.17, 15) is 9.18 Å². The van der Waals surface area contributed by atoms with Crippen LogP contribution in [-0.4, -0.2) is 48.7 Å². The third-order valence-corrected chi connectivity index (χ3v) is 4.66.